The fourth-order valence-corrected chi connectivity index (χ4v) is 2.95. The topological polar surface area (TPSA) is 53.4 Å². The van der Waals surface area contributed by atoms with Crippen molar-refractivity contribution in [3.05, 3.63) is 75.7 Å². The van der Waals surface area contributed by atoms with Gasteiger partial charge in [0.1, 0.15) is 5.82 Å². The van der Waals surface area contributed by atoms with Crippen molar-refractivity contribution in [1.82, 2.24) is 4.68 Å². The minimum atomic E-state index is -0.276. The Kier molecular flexibility index (Phi) is 4.64. The summed E-state index contributed by atoms with van der Waals surface area (Å²) >= 11 is 1.46. The molecule has 0 aliphatic rings. The molecule has 0 atom stereocenters. The van der Waals surface area contributed by atoms with Gasteiger partial charge in [-0.05, 0) is 42.0 Å². The molecule has 0 aliphatic heterocycles. The van der Waals surface area contributed by atoms with Crippen LogP contribution >= 0.6 is 11.3 Å². The van der Waals surface area contributed by atoms with Gasteiger partial charge in [-0.15, -0.1) is 11.3 Å². The van der Waals surface area contributed by atoms with E-state index in [9.17, 15) is 4.39 Å². The Bertz CT molecular complexity index is 974. The standard InChI is InChI=1S/C18H13FN4S/c1-21-18-23(22-11-14-4-2-13(10-20)3-5-14)17(12-24-18)15-6-8-16(19)9-7-15/h2-9,11-12H,1H3/b21-18?,22-11-. The van der Waals surface area contributed by atoms with Crippen molar-refractivity contribution >= 4 is 17.6 Å². The van der Waals surface area contributed by atoms with Crippen LogP contribution < -0.4 is 4.80 Å². The first kappa shape index (κ1) is 15.8. The Balaban J connectivity index is 2.00. The van der Waals surface area contributed by atoms with Gasteiger partial charge in [0, 0.05) is 18.0 Å². The van der Waals surface area contributed by atoms with E-state index in [2.05, 4.69) is 16.2 Å². The van der Waals surface area contributed by atoms with Crippen LogP contribution in [0.1, 0.15) is 11.1 Å². The van der Waals surface area contributed by atoms with Crippen molar-refractivity contribution in [3.8, 4) is 17.3 Å². The molecule has 1 heterocycles. The van der Waals surface area contributed by atoms with E-state index < -0.39 is 0 Å². The van der Waals surface area contributed by atoms with E-state index in [-0.39, 0.29) is 5.82 Å². The van der Waals surface area contributed by atoms with E-state index in [1.165, 1.54) is 23.5 Å². The largest absolute Gasteiger partial charge is 0.261 e. The highest BCUT2D eigenvalue weighted by atomic mass is 32.1. The van der Waals surface area contributed by atoms with Gasteiger partial charge < -0.3 is 0 Å². The number of thiazole rings is 1. The Hall–Kier alpha value is -3.04. The molecule has 3 rings (SSSR count). The second kappa shape index (κ2) is 7.02. The molecule has 0 aliphatic carbocycles. The van der Waals surface area contributed by atoms with Gasteiger partial charge in [-0.2, -0.15) is 10.4 Å². The maximum atomic E-state index is 13.1. The third-order valence-corrected chi connectivity index (χ3v) is 4.29. The van der Waals surface area contributed by atoms with Crippen LogP contribution in [-0.4, -0.2) is 17.9 Å². The first-order chi connectivity index (χ1) is 11.7. The zero-order valence-electron chi connectivity index (χ0n) is 12.8. The number of hydrogen-bond donors (Lipinski definition) is 0. The predicted octanol–water partition coefficient (Wildman–Crippen LogP) is 3.64. The number of benzene rings is 2. The summed E-state index contributed by atoms with van der Waals surface area (Å²) in [7, 11) is 1.70. The molecule has 3 aromatic rings. The monoisotopic (exact) mass is 336 g/mol. The van der Waals surface area contributed by atoms with Crippen LogP contribution in [0.4, 0.5) is 4.39 Å². The van der Waals surface area contributed by atoms with Gasteiger partial charge in [-0.25, -0.2) is 9.07 Å². The Morgan fingerprint density at radius 2 is 1.83 bits per heavy atom. The molecule has 0 fully saturated rings. The molecule has 0 saturated carbocycles. The average molecular weight is 336 g/mol. The lowest BCUT2D eigenvalue weighted by atomic mass is 10.2. The first-order valence-corrected chi connectivity index (χ1v) is 8.03. The van der Waals surface area contributed by atoms with E-state index >= 15 is 0 Å². The summed E-state index contributed by atoms with van der Waals surface area (Å²) in [5.41, 5.74) is 3.18. The molecule has 0 spiro atoms. The molecule has 0 saturated heterocycles. The molecule has 0 unspecified atom stereocenters. The highest BCUT2D eigenvalue weighted by Crippen LogP contribution is 2.20. The Morgan fingerprint density at radius 1 is 1.12 bits per heavy atom. The number of rotatable bonds is 3. The highest BCUT2D eigenvalue weighted by Gasteiger charge is 2.07. The number of halogens is 1. The molecule has 1 aromatic heterocycles. The van der Waals surface area contributed by atoms with E-state index in [1.807, 2.05) is 17.5 Å². The molecule has 4 nitrogen and oxygen atoms in total. The van der Waals surface area contributed by atoms with E-state index in [4.69, 9.17) is 5.26 Å². The van der Waals surface area contributed by atoms with Gasteiger partial charge in [-0.3, -0.25) is 4.99 Å². The zero-order valence-corrected chi connectivity index (χ0v) is 13.7. The second-order valence-corrected chi connectivity index (χ2v) is 5.76. The van der Waals surface area contributed by atoms with Gasteiger partial charge in [0.25, 0.3) is 0 Å². The molecule has 0 radical (unpaired) electrons. The molecular weight excluding hydrogens is 323 g/mol. The third-order valence-electron chi connectivity index (χ3n) is 3.38. The normalized spacial score (nSPS) is 11.8. The van der Waals surface area contributed by atoms with Gasteiger partial charge in [0.15, 0.2) is 0 Å². The smallest absolute Gasteiger partial charge is 0.205 e. The summed E-state index contributed by atoms with van der Waals surface area (Å²) < 4.78 is 14.8. The molecule has 2 aromatic carbocycles. The lowest BCUT2D eigenvalue weighted by molar-refractivity contribution is 0.628. The maximum Gasteiger partial charge on any atom is 0.205 e. The van der Waals surface area contributed by atoms with Crippen molar-refractivity contribution in [2.24, 2.45) is 10.1 Å². The van der Waals surface area contributed by atoms with E-state index in [1.54, 1.807) is 42.2 Å². The summed E-state index contributed by atoms with van der Waals surface area (Å²) in [4.78, 5) is 4.96. The predicted molar refractivity (Wildman–Crippen MR) is 93.3 cm³/mol. The number of hydrogen-bond acceptors (Lipinski definition) is 4. The summed E-state index contributed by atoms with van der Waals surface area (Å²) in [6.45, 7) is 0. The minimum absolute atomic E-state index is 0.276. The summed E-state index contributed by atoms with van der Waals surface area (Å²) in [6, 6.07) is 15.5. The zero-order chi connectivity index (χ0) is 16.9. The summed E-state index contributed by atoms with van der Waals surface area (Å²) in [5.74, 6) is -0.276. The van der Waals surface area contributed by atoms with Crippen molar-refractivity contribution in [1.29, 1.82) is 5.26 Å². The molecule has 0 bridgehead atoms. The molecule has 24 heavy (non-hydrogen) atoms. The first-order valence-electron chi connectivity index (χ1n) is 7.15. The van der Waals surface area contributed by atoms with Crippen molar-refractivity contribution in [2.75, 3.05) is 7.05 Å². The van der Waals surface area contributed by atoms with Crippen molar-refractivity contribution in [3.63, 3.8) is 0 Å². The summed E-state index contributed by atoms with van der Waals surface area (Å²) in [5, 5.41) is 15.3. The summed E-state index contributed by atoms with van der Waals surface area (Å²) in [6.07, 6.45) is 1.70. The fourth-order valence-electron chi connectivity index (χ4n) is 2.15. The minimum Gasteiger partial charge on any atom is -0.261 e. The Labute approximate surface area is 142 Å². The number of aromatic nitrogens is 1. The van der Waals surface area contributed by atoms with Crippen LogP contribution in [0, 0.1) is 17.1 Å². The Morgan fingerprint density at radius 3 is 2.46 bits per heavy atom. The highest BCUT2D eigenvalue weighted by molar-refractivity contribution is 7.07. The molecule has 0 N–H and O–H groups in total. The van der Waals surface area contributed by atoms with Crippen LogP contribution in [0.25, 0.3) is 11.3 Å². The van der Waals surface area contributed by atoms with Gasteiger partial charge in [0.05, 0.1) is 23.5 Å². The van der Waals surface area contributed by atoms with E-state index in [0.29, 0.717) is 5.56 Å². The van der Waals surface area contributed by atoms with Crippen LogP contribution in [0.15, 0.2) is 64.0 Å². The van der Waals surface area contributed by atoms with Crippen LogP contribution in [0.3, 0.4) is 0 Å². The number of nitriles is 1. The maximum absolute atomic E-state index is 13.1. The van der Waals surface area contributed by atoms with Gasteiger partial charge in [-0.1, -0.05) is 12.1 Å². The van der Waals surface area contributed by atoms with Crippen molar-refractivity contribution in [2.45, 2.75) is 0 Å². The number of nitrogens with zero attached hydrogens (tertiary/aromatic N) is 4. The van der Waals surface area contributed by atoms with Gasteiger partial charge in [0.2, 0.25) is 4.80 Å². The van der Waals surface area contributed by atoms with Crippen LogP contribution in [0.5, 0.6) is 0 Å². The van der Waals surface area contributed by atoms with E-state index in [0.717, 1.165) is 21.6 Å². The molecule has 0 amide bonds. The molecule has 118 valence electrons. The lowest BCUT2D eigenvalue weighted by Gasteiger charge is -2.03. The second-order valence-electron chi connectivity index (χ2n) is 4.92. The van der Waals surface area contributed by atoms with Gasteiger partial charge >= 0.3 is 0 Å². The van der Waals surface area contributed by atoms with Crippen molar-refractivity contribution < 1.29 is 4.39 Å². The quantitative estimate of drug-likeness (QED) is 0.674. The SMILES string of the molecule is CN=c1scc(-c2ccc(F)cc2)n1/N=C\c1ccc(C#N)cc1. The fraction of sp³-hybridized carbons (Fsp3) is 0.0556. The average Bonchev–Trinajstić information content (AvgIpc) is 3.04. The lowest BCUT2D eigenvalue weighted by Crippen LogP contribution is -2.11. The molecular formula is C18H13FN4S. The van der Waals surface area contributed by atoms with Crippen LogP contribution in [0.2, 0.25) is 0 Å². The van der Waals surface area contributed by atoms with Crippen LogP contribution in [-0.2, 0) is 0 Å². The molecule has 6 heteroatoms. The third kappa shape index (κ3) is 3.31.